The molecule has 0 fully saturated rings. The highest BCUT2D eigenvalue weighted by molar-refractivity contribution is 5.99. The van der Waals surface area contributed by atoms with Crippen LogP contribution in [0.5, 0.6) is 5.75 Å². The number of aliphatic hydroxyl groups excluding tert-OH is 2. The van der Waals surface area contributed by atoms with Gasteiger partial charge >= 0.3 is 6.03 Å². The average Bonchev–Trinajstić information content (AvgIpc) is 3.88. The third kappa shape index (κ3) is 23.2. The molecule has 0 aliphatic carbocycles. The van der Waals surface area contributed by atoms with Crippen LogP contribution in [0, 0.1) is 23.7 Å². The molecule has 0 aliphatic rings. The number of nitrogens with zero attached hydrogens (tertiary/aromatic N) is 1. The number of H-pyrrole nitrogens is 1. The van der Waals surface area contributed by atoms with Crippen LogP contribution in [0.1, 0.15) is 89.3 Å². The number of carbonyl (C=O) groups excluding carboxylic acids is 11. The molecule has 4 rings (SSSR count). The smallest absolute Gasteiger partial charge is 0.315 e. The summed E-state index contributed by atoms with van der Waals surface area (Å²) in [6, 6.07) is 14.1. The van der Waals surface area contributed by atoms with E-state index in [1.807, 2.05) is 38.1 Å². The number of Topliss-reactive ketones (excluding diaryl/α,β-unsaturated/α-hetero) is 4. The first-order valence-electron chi connectivity index (χ1n) is 28.3. The molecule has 466 valence electrons. The van der Waals surface area contributed by atoms with E-state index < -0.39 is 151 Å². The summed E-state index contributed by atoms with van der Waals surface area (Å²) in [5.41, 5.74) is 19.7. The molecule has 17 N–H and O–H groups in total. The fourth-order valence-corrected chi connectivity index (χ4v) is 9.56. The van der Waals surface area contributed by atoms with Crippen molar-refractivity contribution in [2.75, 3.05) is 26.7 Å². The second-order valence-electron chi connectivity index (χ2n) is 21.7. The van der Waals surface area contributed by atoms with Crippen molar-refractivity contribution in [3.63, 3.8) is 0 Å². The van der Waals surface area contributed by atoms with Crippen molar-refractivity contribution in [3.8, 4) is 5.75 Å². The molecule has 9 atom stereocenters. The number of guanidine groups is 1. The number of primary amides is 2. The fourth-order valence-electron chi connectivity index (χ4n) is 9.56. The number of fused-ring (bicyclic) bond motifs is 1. The van der Waals surface area contributed by atoms with Gasteiger partial charge in [0.2, 0.25) is 35.4 Å². The van der Waals surface area contributed by atoms with Crippen molar-refractivity contribution in [2.24, 2.45) is 45.9 Å². The normalized spacial score (nSPS) is 14.6. The number of aliphatic hydroxyl groups is 2. The zero-order chi connectivity index (χ0) is 63.6. The predicted octanol–water partition coefficient (Wildman–Crippen LogP) is -0.0822. The number of benzene rings is 3. The van der Waals surface area contributed by atoms with E-state index in [9.17, 15) is 68.1 Å². The van der Waals surface area contributed by atoms with Gasteiger partial charge in [-0.3, -0.25) is 52.9 Å². The fraction of sp³-hybridized carbons (Fsp3) is 0.467. The van der Waals surface area contributed by atoms with Gasteiger partial charge in [0.05, 0.1) is 61.7 Å². The number of aliphatic imine (C=N–C) groups is 1. The topological polar surface area (TPSA) is 439 Å². The van der Waals surface area contributed by atoms with Crippen molar-refractivity contribution < 1.29 is 68.1 Å². The number of carbonyl (C=O) groups is 11. The number of phenolic OH excluding ortho intramolecular Hbond substituents is 1. The van der Waals surface area contributed by atoms with Crippen LogP contribution in [0.25, 0.3) is 10.9 Å². The Hall–Kier alpha value is -9.04. The second kappa shape index (κ2) is 34.7. The van der Waals surface area contributed by atoms with Gasteiger partial charge in [0.25, 0.3) is 0 Å². The summed E-state index contributed by atoms with van der Waals surface area (Å²) in [5.74, 6) is -12.2. The summed E-state index contributed by atoms with van der Waals surface area (Å²) in [5, 5.41) is 49.8. The van der Waals surface area contributed by atoms with Gasteiger partial charge in [0, 0.05) is 69.2 Å². The van der Waals surface area contributed by atoms with Crippen molar-refractivity contribution in [1.82, 2.24) is 42.2 Å². The minimum absolute atomic E-state index is 0.0371. The number of nitrogens with two attached hydrogens (primary N) is 3. The Morgan fingerprint density at radius 3 is 1.78 bits per heavy atom. The Balaban J connectivity index is 1.47. The number of aromatic hydroxyl groups is 1. The number of aromatic amines is 1. The van der Waals surface area contributed by atoms with Crippen LogP contribution < -0.4 is 54.4 Å². The minimum atomic E-state index is -1.72. The van der Waals surface area contributed by atoms with Crippen molar-refractivity contribution >= 4 is 81.5 Å². The number of rotatable bonds is 37. The minimum Gasteiger partial charge on any atom is -0.508 e. The Bertz CT molecular complexity index is 3020. The van der Waals surface area contributed by atoms with Gasteiger partial charge in [-0.25, -0.2) is 4.79 Å². The highest BCUT2D eigenvalue weighted by Gasteiger charge is 2.36. The molecule has 8 amide bonds. The number of hydrogen-bond acceptors (Lipinski definition) is 15. The van der Waals surface area contributed by atoms with Gasteiger partial charge in [-0.2, -0.15) is 0 Å². The van der Waals surface area contributed by atoms with Gasteiger partial charge in [-0.05, 0) is 79.8 Å². The van der Waals surface area contributed by atoms with E-state index in [1.165, 1.54) is 45.2 Å². The second-order valence-corrected chi connectivity index (χ2v) is 21.7. The SMILES string of the molecule is CN=C(N)NCCC[C@H](CC(=O)[C@H](CC(C)C)NC(=O)NCC(=O)[C@H](Cc1ccccc1)NC(=O)[C@@H](CC(=O)[C@H](CC(N)=O)NC(=O)[C@@H](CO)CC(=O)[C@@H](Cc1ccc(O)cc1)NC(C)=O)[C@@H](C)O)C(=O)N[C@@H](Cc1c[nH]c2ccccc12)C(N)=O. The van der Waals surface area contributed by atoms with Crippen LogP contribution in [-0.2, 0) is 67.2 Å². The summed E-state index contributed by atoms with van der Waals surface area (Å²) in [7, 11) is 1.49. The maximum absolute atomic E-state index is 14.2. The van der Waals surface area contributed by atoms with Crippen LogP contribution in [0.2, 0.25) is 0 Å². The predicted molar refractivity (Wildman–Crippen MR) is 318 cm³/mol. The number of nitrogens with one attached hydrogen (secondary N) is 8. The van der Waals surface area contributed by atoms with Gasteiger partial charge < -0.3 is 74.7 Å². The van der Waals surface area contributed by atoms with E-state index in [-0.39, 0.29) is 62.7 Å². The number of urea groups is 1. The molecule has 26 nitrogen and oxygen atoms in total. The van der Waals surface area contributed by atoms with Gasteiger partial charge in [-0.15, -0.1) is 0 Å². The third-order valence-electron chi connectivity index (χ3n) is 14.3. The number of hydrogen-bond donors (Lipinski definition) is 14. The number of ketones is 4. The van der Waals surface area contributed by atoms with Gasteiger partial charge in [-0.1, -0.05) is 74.5 Å². The molecule has 1 heterocycles. The van der Waals surface area contributed by atoms with Crippen LogP contribution in [0.3, 0.4) is 0 Å². The standard InChI is InChI=1S/C60H82N12O14/c1-33(2)22-45(50(77)26-38(14-11-21-65-59(63)64-5)56(83)71-49(55(62)82)25-39-30-66-44-16-10-9-15-42(39)44)72-60(86)67-31-53(80)47(23-36-12-7-6-8-13-36)70-58(85)43(34(3)74)28-52(79)48(29-54(61)81)69-57(84)40(32-73)27-51(78)46(68-35(4)75)24-37-17-19-41(76)20-18-37/h6-10,12-13,15-20,30,33-34,38,40,43,45-49,66,73-74,76H,11,14,21-29,31-32H2,1-5H3,(H2,61,81)(H2,62,82)(H,68,75)(H,69,84)(H,70,85)(H,71,83)(H3,63,64,65)(H2,67,72,86)/t34-,38-,40-,43+,45+,46-,47+,48+,49+/m1/s1. The third-order valence-corrected chi connectivity index (χ3v) is 14.3. The first-order chi connectivity index (χ1) is 40.8. The number of aromatic nitrogens is 1. The lowest BCUT2D eigenvalue weighted by molar-refractivity contribution is -0.138. The Labute approximate surface area is 498 Å². The molecule has 26 heteroatoms. The van der Waals surface area contributed by atoms with Gasteiger partial charge in [0.15, 0.2) is 29.1 Å². The number of phenols is 1. The highest BCUT2D eigenvalue weighted by Crippen LogP contribution is 2.22. The average molecular weight is 1200 g/mol. The van der Waals surface area contributed by atoms with E-state index in [4.69, 9.17) is 17.2 Å². The summed E-state index contributed by atoms with van der Waals surface area (Å²) < 4.78 is 0. The quantitative estimate of drug-likeness (QED) is 0.0160. The van der Waals surface area contributed by atoms with Crippen molar-refractivity contribution in [2.45, 2.75) is 128 Å². The molecule has 0 spiro atoms. The molecule has 3 aromatic carbocycles. The molecule has 0 unspecified atom stereocenters. The van der Waals surface area contributed by atoms with E-state index in [1.54, 1.807) is 36.5 Å². The molecular weight excluding hydrogens is 1110 g/mol. The zero-order valence-corrected chi connectivity index (χ0v) is 49.1. The number of amides is 8. The maximum Gasteiger partial charge on any atom is 0.315 e. The maximum atomic E-state index is 14.2. The molecule has 0 saturated carbocycles. The summed E-state index contributed by atoms with van der Waals surface area (Å²) >= 11 is 0. The molecule has 1 aromatic heterocycles. The molecule has 0 bridgehead atoms. The summed E-state index contributed by atoms with van der Waals surface area (Å²) in [4.78, 5) is 155. The lowest BCUT2D eigenvalue weighted by Gasteiger charge is -2.26. The van der Waals surface area contributed by atoms with E-state index in [2.05, 4.69) is 47.2 Å². The Morgan fingerprint density at radius 1 is 0.605 bits per heavy atom. The zero-order valence-electron chi connectivity index (χ0n) is 49.1. The first kappa shape index (κ1) is 69.5. The van der Waals surface area contributed by atoms with Crippen LogP contribution in [0.15, 0.2) is 90.1 Å². The summed E-state index contributed by atoms with van der Waals surface area (Å²) in [6.45, 7) is 4.67. The van der Waals surface area contributed by atoms with E-state index >= 15 is 0 Å². The molecule has 0 saturated heterocycles. The van der Waals surface area contributed by atoms with Crippen LogP contribution in [0.4, 0.5) is 4.79 Å². The molecule has 0 aliphatic heterocycles. The molecular formula is C60H82N12O14. The Kier molecular flexibility index (Phi) is 28.0. The monoisotopic (exact) mass is 1190 g/mol. The lowest BCUT2D eigenvalue weighted by Crippen LogP contribution is -2.53. The summed E-state index contributed by atoms with van der Waals surface area (Å²) in [6.07, 6.45) is -2.01. The Morgan fingerprint density at radius 2 is 1.17 bits per heavy atom. The van der Waals surface area contributed by atoms with Crippen molar-refractivity contribution in [1.29, 1.82) is 0 Å². The van der Waals surface area contributed by atoms with Crippen LogP contribution >= 0.6 is 0 Å². The largest absolute Gasteiger partial charge is 0.508 e. The number of para-hydroxylation sites is 1. The highest BCUT2D eigenvalue weighted by atomic mass is 16.3. The molecule has 4 aromatic rings. The molecule has 0 radical (unpaired) electrons. The van der Waals surface area contributed by atoms with Gasteiger partial charge in [0.1, 0.15) is 11.8 Å². The molecule has 86 heavy (non-hydrogen) atoms. The van der Waals surface area contributed by atoms with Crippen molar-refractivity contribution in [3.05, 3.63) is 102 Å². The van der Waals surface area contributed by atoms with Crippen LogP contribution in [-0.4, -0.2) is 154 Å². The first-order valence-corrected chi connectivity index (χ1v) is 28.3. The lowest BCUT2D eigenvalue weighted by atomic mass is 9.90. The van der Waals surface area contributed by atoms with E-state index in [0.717, 1.165) is 16.5 Å². The van der Waals surface area contributed by atoms with E-state index in [0.29, 0.717) is 17.5 Å².